The quantitative estimate of drug-likeness (QED) is 0.211. The number of aliphatic carboxylic acids is 2. The van der Waals surface area contributed by atoms with E-state index in [1.54, 1.807) is 6.92 Å². The van der Waals surface area contributed by atoms with Gasteiger partial charge in [-0.05, 0) is 24.7 Å². The lowest BCUT2D eigenvalue weighted by Gasteiger charge is -2.27. The molecule has 11 heteroatoms. The number of rotatable bonds is 14. The fourth-order valence-corrected chi connectivity index (χ4v) is 2.70. The highest BCUT2D eigenvalue weighted by Crippen LogP contribution is 2.11. The first-order valence-corrected chi connectivity index (χ1v) is 9.97. The van der Waals surface area contributed by atoms with Gasteiger partial charge in [0.2, 0.25) is 17.7 Å². The Morgan fingerprint density at radius 2 is 1.47 bits per heavy atom. The minimum atomic E-state index is -1.40. The van der Waals surface area contributed by atoms with Gasteiger partial charge in [0.1, 0.15) is 18.1 Å². The monoisotopic (exact) mass is 430 g/mol. The zero-order chi connectivity index (χ0) is 23.4. The van der Waals surface area contributed by atoms with Crippen molar-refractivity contribution in [3.63, 3.8) is 0 Å². The summed E-state index contributed by atoms with van der Waals surface area (Å²) in [4.78, 5) is 59.2. The summed E-state index contributed by atoms with van der Waals surface area (Å²) in [6.07, 6.45) is 0.0849. The molecule has 0 aliphatic heterocycles. The minimum Gasteiger partial charge on any atom is -0.481 e. The molecule has 0 saturated heterocycles. The molecule has 0 aromatic rings. The van der Waals surface area contributed by atoms with Gasteiger partial charge in [0.25, 0.3) is 0 Å². The molecule has 30 heavy (non-hydrogen) atoms. The lowest BCUT2D eigenvalue weighted by molar-refractivity contribution is -0.143. The molecule has 0 saturated carbocycles. The van der Waals surface area contributed by atoms with Crippen LogP contribution in [0.4, 0.5) is 0 Å². The smallest absolute Gasteiger partial charge is 0.326 e. The van der Waals surface area contributed by atoms with Gasteiger partial charge in [-0.15, -0.1) is 0 Å². The number of nitrogens with two attached hydrogens (primary N) is 1. The second-order valence-electron chi connectivity index (χ2n) is 7.66. The molecule has 0 fully saturated rings. The van der Waals surface area contributed by atoms with Crippen molar-refractivity contribution < 1.29 is 34.2 Å². The van der Waals surface area contributed by atoms with Crippen LogP contribution in [-0.4, -0.2) is 64.5 Å². The summed E-state index contributed by atoms with van der Waals surface area (Å²) in [5.74, 6) is -4.62. The van der Waals surface area contributed by atoms with Gasteiger partial charge >= 0.3 is 11.9 Å². The second kappa shape index (κ2) is 13.5. The van der Waals surface area contributed by atoms with Gasteiger partial charge in [0.05, 0.1) is 6.54 Å². The Morgan fingerprint density at radius 1 is 0.900 bits per heavy atom. The van der Waals surface area contributed by atoms with Crippen molar-refractivity contribution in [3.05, 3.63) is 0 Å². The molecule has 0 aromatic heterocycles. The van der Waals surface area contributed by atoms with Crippen molar-refractivity contribution in [3.8, 4) is 0 Å². The van der Waals surface area contributed by atoms with E-state index < -0.39 is 54.2 Å². The number of carbonyl (C=O) groups excluding carboxylic acids is 3. The van der Waals surface area contributed by atoms with Gasteiger partial charge in [0.15, 0.2) is 0 Å². The summed E-state index contributed by atoms with van der Waals surface area (Å²) in [7, 11) is 0. The average Bonchev–Trinajstić information content (AvgIpc) is 2.66. The Hall–Kier alpha value is -2.69. The lowest BCUT2D eigenvalue weighted by atomic mass is 9.96. The first-order chi connectivity index (χ1) is 13.9. The zero-order valence-corrected chi connectivity index (χ0v) is 17.9. The highest BCUT2D eigenvalue weighted by molar-refractivity contribution is 5.93. The average molecular weight is 431 g/mol. The van der Waals surface area contributed by atoms with Crippen molar-refractivity contribution in [2.45, 2.75) is 71.5 Å². The van der Waals surface area contributed by atoms with E-state index in [1.807, 2.05) is 20.8 Å². The molecule has 0 spiro atoms. The van der Waals surface area contributed by atoms with Gasteiger partial charge in [-0.1, -0.05) is 34.1 Å². The van der Waals surface area contributed by atoms with Crippen molar-refractivity contribution in [2.75, 3.05) is 6.54 Å². The van der Waals surface area contributed by atoms with Crippen LogP contribution in [-0.2, 0) is 24.0 Å². The molecule has 0 bridgehead atoms. The summed E-state index contributed by atoms with van der Waals surface area (Å²) in [5.41, 5.74) is 5.31. The van der Waals surface area contributed by atoms with Gasteiger partial charge in [-0.2, -0.15) is 0 Å². The van der Waals surface area contributed by atoms with Crippen LogP contribution in [0.3, 0.4) is 0 Å². The van der Waals surface area contributed by atoms with Crippen LogP contribution in [0.15, 0.2) is 0 Å². The van der Waals surface area contributed by atoms with Crippen LogP contribution in [0.2, 0.25) is 0 Å². The maximum absolute atomic E-state index is 12.8. The van der Waals surface area contributed by atoms with E-state index in [-0.39, 0.29) is 31.2 Å². The number of carboxylic acid groups (broad SMARTS) is 2. The van der Waals surface area contributed by atoms with Crippen molar-refractivity contribution in [1.29, 1.82) is 0 Å². The molecule has 0 aromatic carbocycles. The lowest BCUT2D eigenvalue weighted by Crippen LogP contribution is -2.57. The van der Waals surface area contributed by atoms with E-state index in [0.29, 0.717) is 6.42 Å². The molecule has 11 nitrogen and oxygen atoms in total. The predicted molar refractivity (Wildman–Crippen MR) is 108 cm³/mol. The summed E-state index contributed by atoms with van der Waals surface area (Å²) < 4.78 is 0. The molecule has 7 N–H and O–H groups in total. The number of hydrogen-bond donors (Lipinski definition) is 6. The molecule has 4 unspecified atom stereocenters. The molecule has 0 aliphatic carbocycles. The topological polar surface area (TPSA) is 188 Å². The number of hydrogen-bond acceptors (Lipinski definition) is 6. The van der Waals surface area contributed by atoms with E-state index in [4.69, 9.17) is 10.8 Å². The fraction of sp³-hybridized carbons (Fsp3) is 0.737. The van der Waals surface area contributed by atoms with Gasteiger partial charge in [-0.3, -0.25) is 19.2 Å². The van der Waals surface area contributed by atoms with Crippen LogP contribution < -0.4 is 21.7 Å². The first kappa shape index (κ1) is 27.3. The number of amides is 3. The Bertz CT molecular complexity index is 624. The van der Waals surface area contributed by atoms with Crippen molar-refractivity contribution >= 4 is 29.7 Å². The summed E-state index contributed by atoms with van der Waals surface area (Å²) in [6, 6.07) is -3.36. The first-order valence-electron chi connectivity index (χ1n) is 9.97. The van der Waals surface area contributed by atoms with E-state index in [0.717, 1.165) is 0 Å². The number of carboxylic acids is 2. The largest absolute Gasteiger partial charge is 0.481 e. The summed E-state index contributed by atoms with van der Waals surface area (Å²) in [6.45, 7) is 6.98. The fourth-order valence-electron chi connectivity index (χ4n) is 2.70. The molecule has 0 heterocycles. The second-order valence-corrected chi connectivity index (χ2v) is 7.66. The highest BCUT2D eigenvalue weighted by atomic mass is 16.4. The third-order valence-electron chi connectivity index (χ3n) is 4.60. The predicted octanol–water partition coefficient (Wildman–Crippen LogP) is -0.559. The third kappa shape index (κ3) is 10.2. The van der Waals surface area contributed by atoms with Crippen LogP contribution in [0.1, 0.15) is 53.4 Å². The van der Waals surface area contributed by atoms with Crippen LogP contribution >= 0.6 is 0 Å². The van der Waals surface area contributed by atoms with E-state index in [9.17, 15) is 29.1 Å². The van der Waals surface area contributed by atoms with Crippen molar-refractivity contribution in [1.82, 2.24) is 16.0 Å². The number of nitrogens with one attached hydrogen (secondary N) is 3. The van der Waals surface area contributed by atoms with Gasteiger partial charge in [-0.25, -0.2) is 4.79 Å². The maximum Gasteiger partial charge on any atom is 0.326 e. The molecular formula is C19H34N4O7. The van der Waals surface area contributed by atoms with Crippen molar-refractivity contribution in [2.24, 2.45) is 17.6 Å². The van der Waals surface area contributed by atoms with Crippen LogP contribution in [0.5, 0.6) is 0 Å². The van der Waals surface area contributed by atoms with E-state index >= 15 is 0 Å². The molecule has 0 aliphatic rings. The SMILES string of the molecule is CCC(C)C(NC(=O)CN)C(=O)NC(CC(C)C)C(=O)NC(CCC(=O)O)C(=O)O. The Morgan fingerprint density at radius 3 is 1.90 bits per heavy atom. The molecule has 3 amide bonds. The maximum atomic E-state index is 12.8. The van der Waals surface area contributed by atoms with Gasteiger partial charge < -0.3 is 31.9 Å². The summed E-state index contributed by atoms with van der Waals surface area (Å²) >= 11 is 0. The highest BCUT2D eigenvalue weighted by Gasteiger charge is 2.31. The van der Waals surface area contributed by atoms with E-state index in [1.165, 1.54) is 0 Å². The van der Waals surface area contributed by atoms with Crippen LogP contribution in [0, 0.1) is 11.8 Å². The molecule has 0 radical (unpaired) electrons. The Labute approximate surface area is 176 Å². The Balaban J connectivity index is 5.41. The Kier molecular flexibility index (Phi) is 12.3. The molecule has 0 rings (SSSR count). The third-order valence-corrected chi connectivity index (χ3v) is 4.60. The standard InChI is InChI=1S/C19H34N4O7/c1-5-11(4)16(23-14(24)9-20)18(28)22-13(8-10(2)3)17(27)21-12(19(29)30)6-7-15(25)26/h10-13,16H,5-9,20H2,1-4H3,(H,21,27)(H,22,28)(H,23,24)(H,25,26)(H,29,30). The normalized spacial score (nSPS) is 14.9. The molecule has 4 atom stereocenters. The molecular weight excluding hydrogens is 396 g/mol. The van der Waals surface area contributed by atoms with E-state index in [2.05, 4.69) is 16.0 Å². The minimum absolute atomic E-state index is 0.0102. The molecule has 172 valence electrons. The van der Waals surface area contributed by atoms with Gasteiger partial charge in [0, 0.05) is 6.42 Å². The summed E-state index contributed by atoms with van der Waals surface area (Å²) in [5, 5.41) is 25.4. The van der Waals surface area contributed by atoms with Crippen LogP contribution in [0.25, 0.3) is 0 Å². The zero-order valence-electron chi connectivity index (χ0n) is 17.9. The number of carbonyl (C=O) groups is 5.